The molecule has 0 radical (unpaired) electrons. The van der Waals surface area contributed by atoms with Crippen LogP contribution in [0.3, 0.4) is 0 Å². The Morgan fingerprint density at radius 1 is 1.48 bits per heavy atom. The zero-order valence-electron chi connectivity index (χ0n) is 28.6. The van der Waals surface area contributed by atoms with Gasteiger partial charge in [-0.25, -0.2) is 0 Å². The number of carbonyl (C=O) groups is 1. The molecule has 8 heteroatoms. The maximum absolute atomic E-state index is 13.1. The fourth-order valence-electron chi connectivity index (χ4n) is 2.55. The number of hydrogen-bond donors (Lipinski definition) is 1. The third kappa shape index (κ3) is 4.85. The number of nitrogens with zero attached hydrogens (tertiary/aromatic N) is 2. The van der Waals surface area contributed by atoms with Gasteiger partial charge in [-0.2, -0.15) is 0 Å². The van der Waals surface area contributed by atoms with Gasteiger partial charge in [0.2, 0.25) is 0 Å². The number of nitrogens with one attached hydrogen (secondary N) is 1. The summed E-state index contributed by atoms with van der Waals surface area (Å²) in [6, 6.07) is -0.0179. The molecule has 2 aromatic heterocycles. The van der Waals surface area contributed by atoms with Crippen molar-refractivity contribution in [1.82, 2.24) is 14.8 Å². The van der Waals surface area contributed by atoms with Crippen LogP contribution in [0.25, 0.3) is 10.2 Å². The second-order valence-corrected chi connectivity index (χ2v) is 6.45. The van der Waals surface area contributed by atoms with Gasteiger partial charge in [0.05, 0.1) is 5.56 Å². The molecular weight excluding hydrogens is 375 g/mol. The van der Waals surface area contributed by atoms with Crippen molar-refractivity contribution in [2.75, 3.05) is 26.1 Å². The molecule has 0 spiro atoms. The number of amides is 1. The minimum atomic E-state index is -3.55. The standard InChI is InChI=1S/C19H27N3O3S.Mg.H/c1-13(2)22-18(25)15(16(23)14-7-12-26-19(14)22)17(24)20-8-6-11-21-9-4-3-5-10-21;;/h7,12-13,23H,3-6,8-11H2,1-2H3,(H,20,24);;/q;+2;-1/p-1/i1D3,3D2,4D2,5D2,9D2,10D2;;. The molecule has 0 aromatic carbocycles. The van der Waals surface area contributed by atoms with E-state index in [1.54, 1.807) is 0 Å². The van der Waals surface area contributed by atoms with Gasteiger partial charge >= 0.3 is 23.1 Å². The van der Waals surface area contributed by atoms with Crippen molar-refractivity contribution in [2.45, 2.75) is 45.4 Å². The van der Waals surface area contributed by atoms with Gasteiger partial charge in [0.25, 0.3) is 11.5 Å². The van der Waals surface area contributed by atoms with Gasteiger partial charge in [0, 0.05) is 35.8 Å². The molecule has 0 bridgehead atoms. The fraction of sp³-hybridized carbons (Fsp3) is 0.579. The second-order valence-electron chi connectivity index (χ2n) is 5.55. The Morgan fingerprint density at radius 2 is 2.22 bits per heavy atom. The van der Waals surface area contributed by atoms with Crippen LogP contribution in [0.5, 0.6) is 5.75 Å². The molecule has 3 rings (SSSR count). The Bertz CT molecular complexity index is 1310. The van der Waals surface area contributed by atoms with Crippen molar-refractivity contribution < 1.29 is 29.1 Å². The minimum Gasteiger partial charge on any atom is -1.00 e. The minimum absolute atomic E-state index is 0. The zero-order chi connectivity index (χ0) is 30.1. The molecule has 3 heterocycles. The number of carbonyl (C=O) groups excluding carboxylic acids is 1. The first-order chi connectivity index (χ1) is 17.5. The molecule has 1 amide bonds. The maximum Gasteiger partial charge on any atom is 2.00 e. The molecule has 0 aliphatic carbocycles. The van der Waals surface area contributed by atoms with Gasteiger partial charge in [0.1, 0.15) is 4.83 Å². The summed E-state index contributed by atoms with van der Waals surface area (Å²) >= 11 is 0.960. The average molecular weight is 415 g/mol. The molecule has 1 fully saturated rings. The summed E-state index contributed by atoms with van der Waals surface area (Å²) in [6.45, 7) is -9.06. The van der Waals surface area contributed by atoms with E-state index in [0.717, 1.165) is 15.9 Å². The summed E-state index contributed by atoms with van der Waals surface area (Å²) in [5.41, 5.74) is -1.97. The Kier molecular flexibility index (Phi) is 3.70. The van der Waals surface area contributed by atoms with E-state index in [9.17, 15) is 14.7 Å². The van der Waals surface area contributed by atoms with Gasteiger partial charge in [-0.05, 0) is 63.9 Å². The Morgan fingerprint density at radius 3 is 2.93 bits per heavy atom. The molecule has 1 aliphatic rings. The molecule has 2 aromatic rings. The van der Waals surface area contributed by atoms with Crippen molar-refractivity contribution in [3.8, 4) is 5.75 Å². The predicted molar refractivity (Wildman–Crippen MR) is 110 cm³/mol. The fourth-order valence-corrected chi connectivity index (χ4v) is 3.52. The molecule has 1 saturated heterocycles. The maximum atomic E-state index is 13.1. The summed E-state index contributed by atoms with van der Waals surface area (Å²) in [4.78, 5) is 26.3. The largest absolute Gasteiger partial charge is 2.00 e. The van der Waals surface area contributed by atoms with Crippen LogP contribution in [-0.4, -0.2) is 64.5 Å². The van der Waals surface area contributed by atoms with Gasteiger partial charge in [-0.3, -0.25) is 14.2 Å². The molecule has 1 atom stereocenters. The Balaban J connectivity index is 0.00000420. The summed E-state index contributed by atoms with van der Waals surface area (Å²) in [7, 11) is 0. The quantitative estimate of drug-likeness (QED) is 0.579. The van der Waals surface area contributed by atoms with E-state index in [-0.39, 0.29) is 46.0 Å². The Labute approximate surface area is 199 Å². The van der Waals surface area contributed by atoms with Crippen molar-refractivity contribution in [3.63, 3.8) is 0 Å². The number of aromatic nitrogens is 1. The summed E-state index contributed by atoms with van der Waals surface area (Å²) in [6.07, 6.45) is -10.8. The normalized spacial score (nSPS) is 33.0. The van der Waals surface area contributed by atoms with E-state index in [4.69, 9.17) is 17.8 Å². The van der Waals surface area contributed by atoms with E-state index in [0.29, 0.717) is 0 Å². The van der Waals surface area contributed by atoms with E-state index >= 15 is 0 Å². The second kappa shape index (κ2) is 9.91. The molecule has 144 valence electrons. The SMILES string of the molecule is [2H]C([2H])([2H])C(C)n1c(=O)c(C(=O)NCCCN2C([2H])([2H])C([2H])([2H])C([2H])([2H])C([2H])([2H])C2([2H])[2H])c([O-])c2ccsc21.[H-].[Mg+2]. The van der Waals surface area contributed by atoms with E-state index < -0.39 is 80.9 Å². The number of thiophene rings is 1. The van der Waals surface area contributed by atoms with Crippen LogP contribution in [0.15, 0.2) is 16.2 Å². The van der Waals surface area contributed by atoms with Gasteiger partial charge in [-0.1, -0.05) is 12.1 Å². The number of likely N-dealkylation sites (tertiary alicyclic amines) is 1. The first kappa shape index (κ1) is 10.1. The first-order valence-electron chi connectivity index (χ1n) is 14.4. The van der Waals surface area contributed by atoms with Crippen molar-refractivity contribution in [1.29, 1.82) is 0 Å². The van der Waals surface area contributed by atoms with Gasteiger partial charge < -0.3 is 16.7 Å². The van der Waals surface area contributed by atoms with Crippen LogP contribution < -0.4 is 16.0 Å². The molecule has 1 unspecified atom stereocenters. The Hall–Kier alpha value is -1.09. The molecule has 1 aliphatic heterocycles. The van der Waals surface area contributed by atoms with Crippen molar-refractivity contribution in [3.05, 3.63) is 27.4 Å². The van der Waals surface area contributed by atoms with Crippen LogP contribution in [0.4, 0.5) is 0 Å². The number of piperidine rings is 1. The molecule has 6 nitrogen and oxygen atoms in total. The number of pyridine rings is 1. The third-order valence-electron chi connectivity index (χ3n) is 3.73. The smallest absolute Gasteiger partial charge is 1.00 e. The van der Waals surface area contributed by atoms with Crippen molar-refractivity contribution >= 4 is 50.5 Å². The van der Waals surface area contributed by atoms with E-state index in [1.807, 2.05) is 0 Å². The summed E-state index contributed by atoms with van der Waals surface area (Å²) in [5.74, 6) is -2.08. The molecular formula is C19H27MgN3O3S. The first-order valence-corrected chi connectivity index (χ1v) is 8.74. The molecule has 1 N–H and O–H groups in total. The third-order valence-corrected chi connectivity index (χ3v) is 4.65. The summed E-state index contributed by atoms with van der Waals surface area (Å²) in [5, 5.41) is 16.6. The van der Waals surface area contributed by atoms with Crippen LogP contribution >= 0.6 is 11.3 Å². The molecule has 0 saturated carbocycles. The van der Waals surface area contributed by atoms with Gasteiger partial charge in [-0.15, -0.1) is 11.3 Å². The number of rotatable bonds is 6. The van der Waals surface area contributed by atoms with E-state index in [1.165, 1.54) is 18.4 Å². The van der Waals surface area contributed by atoms with Crippen LogP contribution in [0.1, 0.15) is 75.0 Å². The predicted octanol–water partition coefficient (Wildman–Crippen LogP) is 2.06. The van der Waals surface area contributed by atoms with Crippen LogP contribution in [0.2, 0.25) is 0 Å². The van der Waals surface area contributed by atoms with E-state index in [2.05, 4.69) is 5.32 Å². The van der Waals surface area contributed by atoms with Crippen LogP contribution in [-0.2, 0) is 0 Å². The monoisotopic (exact) mass is 414 g/mol. The zero-order valence-corrected chi connectivity index (χ0v) is 16.8. The molecule has 27 heavy (non-hydrogen) atoms. The summed E-state index contributed by atoms with van der Waals surface area (Å²) < 4.78 is 104. The van der Waals surface area contributed by atoms with Gasteiger partial charge in [0.15, 0.2) is 0 Å². The topological polar surface area (TPSA) is 77.4 Å². The number of hydrogen-bond acceptors (Lipinski definition) is 5. The van der Waals surface area contributed by atoms with Crippen LogP contribution in [0, 0.1) is 0 Å². The number of fused-ring (bicyclic) bond motifs is 1. The van der Waals surface area contributed by atoms with Crippen molar-refractivity contribution in [2.24, 2.45) is 0 Å². The average Bonchev–Trinajstić information content (AvgIpc) is 3.26.